The van der Waals surface area contributed by atoms with Crippen molar-refractivity contribution < 1.29 is 4.79 Å². The van der Waals surface area contributed by atoms with Crippen LogP contribution in [-0.2, 0) is 15.8 Å². The Morgan fingerprint density at radius 2 is 1.74 bits per heavy atom. The van der Waals surface area contributed by atoms with Crippen molar-refractivity contribution in [3.63, 3.8) is 0 Å². The Hall–Kier alpha value is -1.74. The van der Waals surface area contributed by atoms with Crippen LogP contribution in [-0.4, -0.2) is 16.7 Å². The molecule has 2 nitrogen and oxygen atoms in total. The summed E-state index contributed by atoms with van der Waals surface area (Å²) < 4.78 is 0. The second-order valence-corrected chi connectivity index (χ2v) is 7.40. The molecule has 2 atom stereocenters. The standard InChI is InChI=1S/C16H14NOS/c1-16-14-10-6-5-9-13(14)15(18)17(16)11-19(16)12-7-3-2-4-8-12/h2-10H,11H2,1H3/q+1. The molecule has 0 aromatic heterocycles. The molecule has 4 rings (SSSR count). The second kappa shape index (κ2) is 3.64. The molecule has 0 radical (unpaired) electrons. The summed E-state index contributed by atoms with van der Waals surface area (Å²) in [6.07, 6.45) is 0. The van der Waals surface area contributed by atoms with Gasteiger partial charge in [-0.15, -0.1) is 0 Å². The molecule has 3 heteroatoms. The van der Waals surface area contributed by atoms with Crippen molar-refractivity contribution in [2.24, 2.45) is 0 Å². The summed E-state index contributed by atoms with van der Waals surface area (Å²) in [4.78, 5) is 15.6. The number of amides is 1. The van der Waals surface area contributed by atoms with Gasteiger partial charge >= 0.3 is 0 Å². The van der Waals surface area contributed by atoms with Crippen LogP contribution in [0.4, 0.5) is 0 Å². The van der Waals surface area contributed by atoms with Gasteiger partial charge in [-0.05, 0) is 18.2 Å². The van der Waals surface area contributed by atoms with Crippen LogP contribution in [0.25, 0.3) is 0 Å². The molecule has 2 aromatic carbocycles. The second-order valence-electron chi connectivity index (χ2n) is 5.09. The minimum atomic E-state index is -0.130. The molecule has 94 valence electrons. The molecule has 0 N–H and O–H groups in total. The van der Waals surface area contributed by atoms with E-state index >= 15 is 0 Å². The van der Waals surface area contributed by atoms with Gasteiger partial charge in [-0.25, -0.2) is 4.90 Å². The van der Waals surface area contributed by atoms with Crippen molar-refractivity contribution >= 4 is 16.8 Å². The summed E-state index contributed by atoms with van der Waals surface area (Å²) in [5.74, 6) is 1.05. The molecule has 1 fully saturated rings. The minimum absolute atomic E-state index is 0.0922. The highest BCUT2D eigenvalue weighted by molar-refractivity contribution is 7.99. The topological polar surface area (TPSA) is 20.3 Å². The number of hydrogen-bond acceptors (Lipinski definition) is 1. The highest BCUT2D eigenvalue weighted by Gasteiger charge is 2.68. The maximum absolute atomic E-state index is 12.4. The lowest BCUT2D eigenvalue weighted by Gasteiger charge is -2.43. The average molecular weight is 268 g/mol. The molecule has 2 aromatic rings. The van der Waals surface area contributed by atoms with Crippen molar-refractivity contribution in [2.75, 3.05) is 5.88 Å². The number of nitrogens with zero attached hydrogens (tertiary/aromatic N) is 1. The molecule has 0 bridgehead atoms. The number of carbonyl (C=O) groups is 1. The first kappa shape index (κ1) is 11.1. The number of hydrogen-bond donors (Lipinski definition) is 0. The van der Waals surface area contributed by atoms with E-state index in [0.29, 0.717) is 0 Å². The van der Waals surface area contributed by atoms with Crippen molar-refractivity contribution in [1.29, 1.82) is 0 Å². The van der Waals surface area contributed by atoms with E-state index in [1.165, 1.54) is 10.5 Å². The van der Waals surface area contributed by atoms with Crippen LogP contribution in [0.15, 0.2) is 59.5 Å². The van der Waals surface area contributed by atoms with Crippen LogP contribution >= 0.6 is 0 Å². The molecule has 2 aliphatic rings. The first-order chi connectivity index (χ1) is 9.23. The third-order valence-electron chi connectivity index (χ3n) is 4.18. The highest BCUT2D eigenvalue weighted by atomic mass is 32.2. The third kappa shape index (κ3) is 1.26. The van der Waals surface area contributed by atoms with E-state index in [4.69, 9.17) is 0 Å². The van der Waals surface area contributed by atoms with E-state index in [1.54, 1.807) is 0 Å². The maximum atomic E-state index is 12.4. The molecular weight excluding hydrogens is 254 g/mol. The summed E-state index contributed by atoms with van der Waals surface area (Å²) >= 11 is 0. The predicted molar refractivity (Wildman–Crippen MR) is 76.9 cm³/mol. The van der Waals surface area contributed by atoms with Crippen LogP contribution in [0.2, 0.25) is 0 Å². The summed E-state index contributed by atoms with van der Waals surface area (Å²) in [6, 6.07) is 18.6. The van der Waals surface area contributed by atoms with Crippen molar-refractivity contribution in [3.8, 4) is 0 Å². The molecule has 1 amide bonds. The predicted octanol–water partition coefficient (Wildman–Crippen LogP) is 2.96. The molecule has 1 saturated heterocycles. The van der Waals surface area contributed by atoms with E-state index < -0.39 is 0 Å². The smallest absolute Gasteiger partial charge is 0.262 e. The van der Waals surface area contributed by atoms with E-state index in [2.05, 4.69) is 37.3 Å². The molecule has 2 aliphatic heterocycles. The fourth-order valence-electron chi connectivity index (χ4n) is 3.08. The molecule has 2 unspecified atom stereocenters. The summed E-state index contributed by atoms with van der Waals surface area (Å²) in [7, 11) is 0.0922. The van der Waals surface area contributed by atoms with Gasteiger partial charge in [0, 0.05) is 12.5 Å². The van der Waals surface area contributed by atoms with Crippen LogP contribution < -0.4 is 0 Å². The lowest BCUT2D eigenvalue weighted by molar-refractivity contribution is 0.0700. The van der Waals surface area contributed by atoms with Gasteiger partial charge < -0.3 is 0 Å². The Kier molecular flexibility index (Phi) is 2.13. The largest absolute Gasteiger partial charge is 0.269 e. The third-order valence-corrected chi connectivity index (χ3v) is 6.94. The molecule has 0 saturated carbocycles. The zero-order valence-corrected chi connectivity index (χ0v) is 11.5. The van der Waals surface area contributed by atoms with Gasteiger partial charge in [0.15, 0.2) is 10.8 Å². The van der Waals surface area contributed by atoms with Crippen molar-refractivity contribution in [2.45, 2.75) is 16.7 Å². The van der Waals surface area contributed by atoms with Crippen LogP contribution in [0.5, 0.6) is 0 Å². The van der Waals surface area contributed by atoms with E-state index in [9.17, 15) is 4.79 Å². The van der Waals surface area contributed by atoms with Gasteiger partial charge in [0.25, 0.3) is 5.91 Å². The zero-order valence-electron chi connectivity index (χ0n) is 10.7. The van der Waals surface area contributed by atoms with Crippen molar-refractivity contribution in [1.82, 2.24) is 4.90 Å². The molecule has 0 aliphatic carbocycles. The maximum Gasteiger partial charge on any atom is 0.262 e. The van der Waals surface area contributed by atoms with Gasteiger partial charge in [0.05, 0.1) is 16.5 Å². The van der Waals surface area contributed by atoms with E-state index in [0.717, 1.165) is 11.4 Å². The van der Waals surface area contributed by atoms with E-state index in [1.807, 2.05) is 29.2 Å². The Balaban J connectivity index is 1.85. The first-order valence-corrected chi connectivity index (χ1v) is 7.80. The lowest BCUT2D eigenvalue weighted by Crippen LogP contribution is -2.61. The molecule has 0 spiro atoms. The Labute approximate surface area is 115 Å². The summed E-state index contributed by atoms with van der Waals surface area (Å²) in [5.41, 5.74) is 2.08. The SMILES string of the molecule is CC12c3ccccc3C(=O)N1C[S+]2c1ccccc1. The monoisotopic (exact) mass is 268 g/mol. The zero-order chi connectivity index (χ0) is 13.0. The quantitative estimate of drug-likeness (QED) is 0.728. The lowest BCUT2D eigenvalue weighted by atomic mass is 10.1. The Bertz CT molecular complexity index is 669. The molecule has 19 heavy (non-hydrogen) atoms. The number of carbonyl (C=O) groups excluding carboxylic acids is 1. The van der Waals surface area contributed by atoms with Gasteiger partial charge in [0.2, 0.25) is 4.87 Å². The van der Waals surface area contributed by atoms with E-state index in [-0.39, 0.29) is 21.7 Å². The highest BCUT2D eigenvalue weighted by Crippen LogP contribution is 2.54. The number of benzene rings is 2. The van der Waals surface area contributed by atoms with Gasteiger partial charge in [-0.2, -0.15) is 0 Å². The fraction of sp³-hybridized carbons (Fsp3) is 0.188. The van der Waals surface area contributed by atoms with Crippen molar-refractivity contribution in [3.05, 3.63) is 65.7 Å². The Morgan fingerprint density at radius 1 is 1.05 bits per heavy atom. The molecular formula is C16H14NOS+. The van der Waals surface area contributed by atoms with Gasteiger partial charge in [-0.3, -0.25) is 4.79 Å². The van der Waals surface area contributed by atoms with Gasteiger partial charge in [-0.1, -0.05) is 36.4 Å². The normalized spacial score (nSPS) is 27.7. The van der Waals surface area contributed by atoms with Crippen LogP contribution in [0, 0.1) is 0 Å². The molecule has 2 heterocycles. The fourth-order valence-corrected chi connectivity index (χ4v) is 5.70. The number of rotatable bonds is 1. The average Bonchev–Trinajstić information content (AvgIpc) is 2.61. The first-order valence-electron chi connectivity index (χ1n) is 6.40. The summed E-state index contributed by atoms with van der Waals surface area (Å²) in [5, 5.41) is 0. The summed E-state index contributed by atoms with van der Waals surface area (Å²) in [6.45, 7) is 2.20. The number of fused-ring (bicyclic) bond motifs is 3. The van der Waals surface area contributed by atoms with Crippen LogP contribution in [0.3, 0.4) is 0 Å². The van der Waals surface area contributed by atoms with Gasteiger partial charge in [0.1, 0.15) is 0 Å². The minimum Gasteiger partial charge on any atom is -0.269 e. The Morgan fingerprint density at radius 3 is 2.53 bits per heavy atom. The van der Waals surface area contributed by atoms with Crippen LogP contribution in [0.1, 0.15) is 22.8 Å².